The first-order chi connectivity index (χ1) is 7.87. The number of nitriles is 1. The summed E-state index contributed by atoms with van der Waals surface area (Å²) in [4.78, 5) is 0. The van der Waals surface area contributed by atoms with Crippen molar-refractivity contribution < 1.29 is 0 Å². The summed E-state index contributed by atoms with van der Waals surface area (Å²) in [6, 6.07) is 10.7. The van der Waals surface area contributed by atoms with Crippen LogP contribution >= 0.6 is 15.9 Å². The number of halogens is 1. The molecule has 0 amide bonds. The molecule has 1 aromatic carbocycles. The SMILES string of the molecule is CC(C)(C)C1CC(C#N)(c2ccc(Br)cc2)C1. The van der Waals surface area contributed by atoms with Gasteiger partial charge in [-0.1, -0.05) is 48.8 Å². The van der Waals surface area contributed by atoms with Gasteiger partial charge in [0.2, 0.25) is 0 Å². The molecule has 0 spiro atoms. The topological polar surface area (TPSA) is 23.8 Å². The van der Waals surface area contributed by atoms with Crippen molar-refractivity contribution in [2.75, 3.05) is 0 Å². The Labute approximate surface area is 112 Å². The van der Waals surface area contributed by atoms with Crippen LogP contribution in [0.25, 0.3) is 0 Å². The van der Waals surface area contributed by atoms with Crippen LogP contribution in [0.1, 0.15) is 39.2 Å². The summed E-state index contributed by atoms with van der Waals surface area (Å²) >= 11 is 3.43. The normalized spacial score (nSPS) is 28.3. The van der Waals surface area contributed by atoms with Gasteiger partial charge in [-0.2, -0.15) is 5.26 Å². The Kier molecular flexibility index (Phi) is 3.08. The molecule has 1 fully saturated rings. The molecule has 0 saturated heterocycles. The number of hydrogen-bond donors (Lipinski definition) is 0. The van der Waals surface area contributed by atoms with Crippen molar-refractivity contribution in [1.82, 2.24) is 0 Å². The lowest BCUT2D eigenvalue weighted by Gasteiger charge is -2.49. The fraction of sp³-hybridized carbons (Fsp3) is 0.533. The van der Waals surface area contributed by atoms with Crippen LogP contribution in [0.4, 0.5) is 0 Å². The molecule has 0 unspecified atom stereocenters. The monoisotopic (exact) mass is 291 g/mol. The summed E-state index contributed by atoms with van der Waals surface area (Å²) < 4.78 is 1.07. The molecular weight excluding hydrogens is 274 g/mol. The van der Waals surface area contributed by atoms with Gasteiger partial charge < -0.3 is 0 Å². The second-order valence-electron chi connectivity index (χ2n) is 6.17. The van der Waals surface area contributed by atoms with E-state index in [0.29, 0.717) is 11.3 Å². The maximum atomic E-state index is 9.48. The molecule has 2 rings (SSSR count). The highest BCUT2D eigenvalue weighted by Gasteiger charge is 2.49. The molecular formula is C15H18BrN. The summed E-state index contributed by atoms with van der Waals surface area (Å²) in [5.74, 6) is 0.658. The molecule has 0 heterocycles. The Balaban J connectivity index is 2.21. The van der Waals surface area contributed by atoms with E-state index in [1.165, 1.54) is 5.56 Å². The number of nitrogens with zero attached hydrogens (tertiary/aromatic N) is 1. The van der Waals surface area contributed by atoms with Gasteiger partial charge in [-0.3, -0.25) is 0 Å². The molecule has 90 valence electrons. The van der Waals surface area contributed by atoms with E-state index in [-0.39, 0.29) is 5.41 Å². The van der Waals surface area contributed by atoms with Crippen LogP contribution in [0.2, 0.25) is 0 Å². The van der Waals surface area contributed by atoms with E-state index in [2.05, 4.69) is 54.9 Å². The van der Waals surface area contributed by atoms with Crippen molar-refractivity contribution in [2.45, 2.75) is 39.0 Å². The third-order valence-corrected chi connectivity index (χ3v) is 4.55. The Hall–Kier alpha value is -0.810. The third-order valence-electron chi connectivity index (χ3n) is 4.03. The van der Waals surface area contributed by atoms with Crippen LogP contribution in [0.3, 0.4) is 0 Å². The van der Waals surface area contributed by atoms with Gasteiger partial charge in [0.15, 0.2) is 0 Å². The summed E-state index contributed by atoms with van der Waals surface area (Å²) in [5.41, 5.74) is 1.25. The van der Waals surface area contributed by atoms with Crippen LogP contribution in [-0.2, 0) is 5.41 Å². The molecule has 0 aliphatic heterocycles. The smallest absolute Gasteiger partial charge is 0.0828 e. The van der Waals surface area contributed by atoms with Crippen LogP contribution in [0.15, 0.2) is 28.7 Å². The lowest BCUT2D eigenvalue weighted by Crippen LogP contribution is -2.45. The van der Waals surface area contributed by atoms with Crippen molar-refractivity contribution in [3.8, 4) is 6.07 Å². The van der Waals surface area contributed by atoms with Crippen LogP contribution in [0, 0.1) is 22.7 Å². The molecule has 1 aliphatic carbocycles. The van der Waals surface area contributed by atoms with Crippen LogP contribution in [-0.4, -0.2) is 0 Å². The van der Waals surface area contributed by atoms with Gasteiger partial charge in [0.1, 0.15) is 0 Å². The van der Waals surface area contributed by atoms with Crippen molar-refractivity contribution in [1.29, 1.82) is 5.26 Å². The standard InChI is InChI=1S/C15H18BrN/c1-14(2,3)12-8-15(9-12,10-17)11-4-6-13(16)7-5-11/h4-7,12H,8-9H2,1-3H3. The fourth-order valence-electron chi connectivity index (χ4n) is 2.55. The zero-order chi connectivity index (χ0) is 12.7. The molecule has 0 radical (unpaired) electrons. The third kappa shape index (κ3) is 2.26. The highest BCUT2D eigenvalue weighted by atomic mass is 79.9. The highest BCUT2D eigenvalue weighted by molar-refractivity contribution is 9.10. The highest BCUT2D eigenvalue weighted by Crippen LogP contribution is 2.54. The summed E-state index contributed by atoms with van der Waals surface area (Å²) in [6.45, 7) is 6.79. The maximum Gasteiger partial charge on any atom is 0.0828 e. The van der Waals surface area contributed by atoms with E-state index in [9.17, 15) is 5.26 Å². The van der Waals surface area contributed by atoms with Gasteiger partial charge in [0, 0.05) is 4.47 Å². The molecule has 2 heteroatoms. The number of benzene rings is 1. The molecule has 1 nitrogen and oxygen atoms in total. The molecule has 17 heavy (non-hydrogen) atoms. The Morgan fingerprint density at radius 2 is 1.76 bits per heavy atom. The number of hydrogen-bond acceptors (Lipinski definition) is 1. The van der Waals surface area contributed by atoms with Gasteiger partial charge in [-0.05, 0) is 41.9 Å². The quantitative estimate of drug-likeness (QED) is 0.738. The lowest BCUT2D eigenvalue weighted by molar-refractivity contribution is 0.0782. The largest absolute Gasteiger partial charge is 0.197 e. The van der Waals surface area contributed by atoms with Gasteiger partial charge in [-0.25, -0.2) is 0 Å². The first kappa shape index (κ1) is 12.6. The van der Waals surface area contributed by atoms with Crippen molar-refractivity contribution in [2.24, 2.45) is 11.3 Å². The second-order valence-corrected chi connectivity index (χ2v) is 7.09. The van der Waals surface area contributed by atoms with Gasteiger partial charge in [0.25, 0.3) is 0 Å². The lowest BCUT2D eigenvalue weighted by atomic mass is 9.53. The summed E-state index contributed by atoms with van der Waals surface area (Å²) in [5, 5.41) is 9.48. The van der Waals surface area contributed by atoms with Gasteiger partial charge >= 0.3 is 0 Å². The summed E-state index contributed by atoms with van der Waals surface area (Å²) in [7, 11) is 0. The molecule has 0 bridgehead atoms. The van der Waals surface area contributed by atoms with E-state index in [1.54, 1.807) is 0 Å². The van der Waals surface area contributed by atoms with Crippen LogP contribution < -0.4 is 0 Å². The first-order valence-corrected chi connectivity index (χ1v) is 6.84. The molecule has 1 saturated carbocycles. The molecule has 1 aromatic rings. The van der Waals surface area contributed by atoms with Crippen molar-refractivity contribution >= 4 is 15.9 Å². The molecule has 0 aromatic heterocycles. The Bertz CT molecular complexity index is 441. The zero-order valence-electron chi connectivity index (χ0n) is 10.6. The average molecular weight is 292 g/mol. The van der Waals surface area contributed by atoms with Crippen molar-refractivity contribution in [3.05, 3.63) is 34.3 Å². The molecule has 0 N–H and O–H groups in total. The van der Waals surface area contributed by atoms with E-state index in [0.717, 1.165) is 17.3 Å². The van der Waals surface area contributed by atoms with E-state index in [4.69, 9.17) is 0 Å². The van der Waals surface area contributed by atoms with Gasteiger partial charge in [-0.15, -0.1) is 0 Å². The average Bonchev–Trinajstić information content (AvgIpc) is 2.18. The predicted octanol–water partition coefficient (Wildman–Crippen LogP) is 4.67. The second kappa shape index (κ2) is 4.14. The Morgan fingerprint density at radius 3 is 2.18 bits per heavy atom. The first-order valence-electron chi connectivity index (χ1n) is 6.05. The number of rotatable bonds is 1. The van der Waals surface area contributed by atoms with E-state index < -0.39 is 0 Å². The van der Waals surface area contributed by atoms with E-state index >= 15 is 0 Å². The van der Waals surface area contributed by atoms with E-state index in [1.807, 2.05) is 12.1 Å². The Morgan fingerprint density at radius 1 is 1.24 bits per heavy atom. The minimum Gasteiger partial charge on any atom is -0.197 e. The maximum absolute atomic E-state index is 9.48. The van der Waals surface area contributed by atoms with Gasteiger partial charge in [0.05, 0.1) is 11.5 Å². The minimum atomic E-state index is -0.237. The molecule has 0 atom stereocenters. The minimum absolute atomic E-state index is 0.237. The van der Waals surface area contributed by atoms with Crippen LogP contribution in [0.5, 0.6) is 0 Å². The zero-order valence-corrected chi connectivity index (χ0v) is 12.2. The fourth-order valence-corrected chi connectivity index (χ4v) is 2.82. The molecule has 1 aliphatic rings. The predicted molar refractivity (Wildman–Crippen MR) is 73.6 cm³/mol. The summed E-state index contributed by atoms with van der Waals surface area (Å²) in [6.07, 6.45) is 1.99. The van der Waals surface area contributed by atoms with Crippen molar-refractivity contribution in [3.63, 3.8) is 0 Å².